The third-order valence-corrected chi connectivity index (χ3v) is 6.36. The zero-order valence-corrected chi connectivity index (χ0v) is 19.8. The molecule has 3 aromatic rings. The Morgan fingerprint density at radius 2 is 1.88 bits per heavy atom. The molecular formula is C26H32N4O3. The molecule has 7 nitrogen and oxygen atoms in total. The molecule has 1 atom stereocenters. The molecule has 0 bridgehead atoms. The van der Waals surface area contributed by atoms with Crippen molar-refractivity contribution in [1.29, 1.82) is 0 Å². The van der Waals surface area contributed by atoms with Crippen LogP contribution in [0.1, 0.15) is 13.3 Å². The molecule has 33 heavy (non-hydrogen) atoms. The van der Waals surface area contributed by atoms with Gasteiger partial charge in [-0.2, -0.15) is 0 Å². The van der Waals surface area contributed by atoms with Gasteiger partial charge in [-0.05, 0) is 62.9 Å². The van der Waals surface area contributed by atoms with Crippen LogP contribution in [0, 0.1) is 5.41 Å². The van der Waals surface area contributed by atoms with Crippen LogP contribution in [-0.2, 0) is 4.79 Å². The van der Waals surface area contributed by atoms with Gasteiger partial charge in [-0.15, -0.1) is 0 Å². The summed E-state index contributed by atoms with van der Waals surface area (Å²) < 4.78 is 11.2. The van der Waals surface area contributed by atoms with Gasteiger partial charge in [0.25, 0.3) is 0 Å². The number of pyridine rings is 1. The monoisotopic (exact) mass is 448 g/mol. The van der Waals surface area contributed by atoms with Crippen molar-refractivity contribution in [1.82, 2.24) is 15.6 Å². The third kappa shape index (κ3) is 4.73. The number of methoxy groups -OCH3 is 1. The Morgan fingerprint density at radius 3 is 2.58 bits per heavy atom. The summed E-state index contributed by atoms with van der Waals surface area (Å²) in [5.74, 6) is 1.68. The SMILES string of the molecule is CNCCOc1ccc(-c2cc(N3CCC(C)(C(=O)NC)C3)c3ccc(OC)cc3n2)cc1. The van der Waals surface area contributed by atoms with E-state index in [0.29, 0.717) is 13.2 Å². The fraction of sp³-hybridized carbons (Fsp3) is 0.385. The quantitative estimate of drug-likeness (QED) is 0.514. The van der Waals surface area contributed by atoms with Crippen LogP contribution in [0.3, 0.4) is 0 Å². The average molecular weight is 449 g/mol. The highest BCUT2D eigenvalue weighted by Crippen LogP contribution is 2.39. The maximum atomic E-state index is 12.5. The summed E-state index contributed by atoms with van der Waals surface area (Å²) >= 11 is 0. The lowest BCUT2D eigenvalue weighted by molar-refractivity contribution is -0.128. The molecule has 4 rings (SSSR count). The topological polar surface area (TPSA) is 75.7 Å². The summed E-state index contributed by atoms with van der Waals surface area (Å²) in [6, 6.07) is 16.1. The number of amides is 1. The van der Waals surface area contributed by atoms with E-state index in [4.69, 9.17) is 14.5 Å². The van der Waals surface area contributed by atoms with Crippen LogP contribution < -0.4 is 25.0 Å². The molecule has 1 aromatic heterocycles. The molecule has 0 spiro atoms. The number of nitrogens with one attached hydrogen (secondary N) is 2. The van der Waals surface area contributed by atoms with Crippen LogP contribution in [0.25, 0.3) is 22.2 Å². The van der Waals surface area contributed by atoms with E-state index in [0.717, 1.165) is 58.9 Å². The Balaban J connectivity index is 1.72. The molecule has 2 aromatic carbocycles. The average Bonchev–Trinajstić information content (AvgIpc) is 3.26. The Labute approximate surface area is 195 Å². The standard InChI is InChI=1S/C26H32N4O3/c1-26(25(31)28-3)11-13-30(17-26)24-16-22(29-23-15-20(32-4)9-10-21(23)24)18-5-7-19(8-6-18)33-14-12-27-2/h5-10,15-16,27H,11-14,17H2,1-4H3,(H,28,31). The highest BCUT2D eigenvalue weighted by Gasteiger charge is 2.40. The minimum absolute atomic E-state index is 0.0825. The second kappa shape index (κ2) is 9.67. The number of likely N-dealkylation sites (N-methyl/N-ethyl adjacent to an activating group) is 1. The number of rotatable bonds is 8. The molecule has 0 radical (unpaired) electrons. The van der Waals surface area contributed by atoms with Crippen molar-refractivity contribution in [2.45, 2.75) is 13.3 Å². The van der Waals surface area contributed by atoms with E-state index in [-0.39, 0.29) is 5.91 Å². The van der Waals surface area contributed by atoms with Crippen LogP contribution in [0.15, 0.2) is 48.5 Å². The van der Waals surface area contributed by atoms with Gasteiger partial charge in [-0.3, -0.25) is 4.79 Å². The van der Waals surface area contributed by atoms with Gasteiger partial charge in [0, 0.05) is 49.4 Å². The zero-order chi connectivity index (χ0) is 23.4. The summed E-state index contributed by atoms with van der Waals surface area (Å²) in [5, 5.41) is 6.95. The molecule has 1 aliphatic rings. The number of hydrogen-bond donors (Lipinski definition) is 2. The molecule has 1 fully saturated rings. The van der Waals surface area contributed by atoms with Gasteiger partial charge in [0.05, 0.1) is 23.7 Å². The molecule has 2 heterocycles. The Hall–Kier alpha value is -3.32. The number of carbonyl (C=O) groups excluding carboxylic acids is 1. The Kier molecular flexibility index (Phi) is 6.70. The van der Waals surface area contributed by atoms with Gasteiger partial charge in [0.2, 0.25) is 5.91 Å². The molecule has 1 amide bonds. The predicted molar refractivity (Wildman–Crippen MR) is 132 cm³/mol. The van der Waals surface area contributed by atoms with Gasteiger partial charge in [-0.25, -0.2) is 4.98 Å². The van der Waals surface area contributed by atoms with Gasteiger partial charge in [0.1, 0.15) is 18.1 Å². The first-order valence-corrected chi connectivity index (χ1v) is 11.3. The fourth-order valence-corrected chi connectivity index (χ4v) is 4.37. The molecule has 0 aliphatic carbocycles. The van der Waals surface area contributed by atoms with Crippen LogP contribution in [0.2, 0.25) is 0 Å². The second-order valence-electron chi connectivity index (χ2n) is 8.70. The van der Waals surface area contributed by atoms with Gasteiger partial charge >= 0.3 is 0 Å². The lowest BCUT2D eigenvalue weighted by Crippen LogP contribution is -2.39. The van der Waals surface area contributed by atoms with E-state index in [1.54, 1.807) is 14.2 Å². The summed E-state index contributed by atoms with van der Waals surface area (Å²) in [5.41, 5.74) is 3.42. The maximum Gasteiger partial charge on any atom is 0.227 e. The molecule has 1 aliphatic heterocycles. The molecule has 1 unspecified atom stereocenters. The molecule has 1 saturated heterocycles. The van der Waals surface area contributed by atoms with Gasteiger partial charge in [-0.1, -0.05) is 0 Å². The highest BCUT2D eigenvalue weighted by molar-refractivity contribution is 5.96. The highest BCUT2D eigenvalue weighted by atomic mass is 16.5. The molecule has 174 valence electrons. The maximum absolute atomic E-state index is 12.5. The van der Waals surface area contributed by atoms with Crippen molar-refractivity contribution < 1.29 is 14.3 Å². The fourth-order valence-electron chi connectivity index (χ4n) is 4.37. The zero-order valence-electron chi connectivity index (χ0n) is 19.8. The van der Waals surface area contributed by atoms with Crippen molar-refractivity contribution >= 4 is 22.5 Å². The van der Waals surface area contributed by atoms with Crippen molar-refractivity contribution in [2.24, 2.45) is 5.41 Å². The minimum Gasteiger partial charge on any atom is -0.497 e. The lowest BCUT2D eigenvalue weighted by atomic mass is 9.89. The van der Waals surface area contributed by atoms with E-state index < -0.39 is 5.41 Å². The third-order valence-electron chi connectivity index (χ3n) is 6.36. The van der Waals surface area contributed by atoms with Crippen molar-refractivity contribution in [3.63, 3.8) is 0 Å². The van der Waals surface area contributed by atoms with Crippen LogP contribution in [0.5, 0.6) is 11.5 Å². The molecule has 7 heteroatoms. The summed E-state index contributed by atoms with van der Waals surface area (Å²) in [6.07, 6.45) is 0.806. The van der Waals surface area contributed by atoms with Crippen molar-refractivity contribution in [3.8, 4) is 22.8 Å². The van der Waals surface area contributed by atoms with Crippen LogP contribution in [-0.4, -0.2) is 58.3 Å². The number of aromatic nitrogens is 1. The number of benzene rings is 2. The summed E-state index contributed by atoms with van der Waals surface area (Å²) in [4.78, 5) is 19.7. The first-order valence-electron chi connectivity index (χ1n) is 11.3. The number of fused-ring (bicyclic) bond motifs is 1. The molecule has 2 N–H and O–H groups in total. The van der Waals surface area contributed by atoms with E-state index in [1.165, 1.54) is 0 Å². The smallest absolute Gasteiger partial charge is 0.227 e. The minimum atomic E-state index is -0.413. The van der Waals surface area contributed by atoms with E-state index in [2.05, 4.69) is 27.7 Å². The van der Waals surface area contributed by atoms with E-state index in [9.17, 15) is 4.79 Å². The Bertz CT molecular complexity index is 1130. The second-order valence-corrected chi connectivity index (χ2v) is 8.70. The number of ether oxygens (including phenoxy) is 2. The number of carbonyl (C=O) groups is 1. The predicted octanol–water partition coefficient (Wildman–Crippen LogP) is 3.47. The van der Waals surface area contributed by atoms with Gasteiger partial charge in [0.15, 0.2) is 0 Å². The lowest BCUT2D eigenvalue weighted by Gasteiger charge is -2.25. The van der Waals surface area contributed by atoms with Crippen molar-refractivity contribution in [2.75, 3.05) is 52.3 Å². The van der Waals surface area contributed by atoms with Crippen LogP contribution in [0.4, 0.5) is 5.69 Å². The summed E-state index contributed by atoms with van der Waals surface area (Å²) in [6.45, 7) is 4.92. The molecular weight excluding hydrogens is 416 g/mol. The van der Waals surface area contributed by atoms with Crippen LogP contribution >= 0.6 is 0 Å². The summed E-state index contributed by atoms with van der Waals surface area (Å²) in [7, 11) is 5.27. The van der Waals surface area contributed by atoms with E-state index in [1.807, 2.05) is 50.4 Å². The normalized spacial score (nSPS) is 17.9. The van der Waals surface area contributed by atoms with Gasteiger partial charge < -0.3 is 25.0 Å². The number of hydrogen-bond acceptors (Lipinski definition) is 6. The Morgan fingerprint density at radius 1 is 1.12 bits per heavy atom. The number of nitrogens with zero attached hydrogens (tertiary/aromatic N) is 2. The number of anilines is 1. The first kappa shape index (κ1) is 22.9. The van der Waals surface area contributed by atoms with Crippen molar-refractivity contribution in [3.05, 3.63) is 48.5 Å². The largest absolute Gasteiger partial charge is 0.497 e. The molecule has 0 saturated carbocycles. The van der Waals surface area contributed by atoms with E-state index >= 15 is 0 Å². The first-order chi connectivity index (χ1) is 16.0.